The zero-order valence-electron chi connectivity index (χ0n) is 9.22. The Morgan fingerprint density at radius 2 is 2.06 bits per heavy atom. The molecule has 0 amide bonds. The summed E-state index contributed by atoms with van der Waals surface area (Å²) < 4.78 is 5.10. The molecule has 0 fully saturated rings. The number of carbonyl (C=O) groups is 1. The number of carbonyl (C=O) groups excluding carboxylic acids is 1. The van der Waals surface area contributed by atoms with E-state index in [0.717, 1.165) is 5.56 Å². The first-order valence-corrected chi connectivity index (χ1v) is 5.32. The molecule has 0 aliphatic carbocycles. The topological polar surface area (TPSA) is 26.3 Å². The van der Waals surface area contributed by atoms with Crippen LogP contribution in [0.4, 0.5) is 0 Å². The lowest BCUT2D eigenvalue weighted by molar-refractivity contribution is -0.139. The van der Waals surface area contributed by atoms with Crippen molar-refractivity contribution >= 4 is 5.97 Å². The minimum Gasteiger partial charge on any atom is -0.455 e. The molecule has 1 aliphatic rings. The maximum Gasteiger partial charge on any atom is 0.335 e. The quantitative estimate of drug-likeness (QED) is 0.571. The van der Waals surface area contributed by atoms with Gasteiger partial charge in [-0.25, -0.2) is 4.79 Å². The van der Waals surface area contributed by atoms with E-state index in [0.29, 0.717) is 5.57 Å². The van der Waals surface area contributed by atoms with Crippen molar-refractivity contribution in [2.75, 3.05) is 0 Å². The van der Waals surface area contributed by atoms with Gasteiger partial charge in [-0.05, 0) is 18.6 Å². The van der Waals surface area contributed by atoms with Crippen molar-refractivity contribution in [1.82, 2.24) is 0 Å². The molecule has 0 N–H and O–H groups in total. The minimum atomic E-state index is -0.235. The molecule has 0 saturated carbocycles. The smallest absolute Gasteiger partial charge is 0.335 e. The predicted octanol–water partition coefficient (Wildman–Crippen LogP) is 2.83. The standard InChI is InChI=1S/C14H14O2/c1-3-12(11-7-5-4-6-8-11)13-9-10(2)16-14(13)15/h3-10,12H,1H2,2H3/t10-,12+/m1/s1. The third kappa shape index (κ3) is 1.91. The van der Waals surface area contributed by atoms with E-state index in [9.17, 15) is 4.79 Å². The van der Waals surface area contributed by atoms with Gasteiger partial charge in [-0.15, -0.1) is 6.58 Å². The van der Waals surface area contributed by atoms with Gasteiger partial charge < -0.3 is 4.74 Å². The largest absolute Gasteiger partial charge is 0.455 e. The van der Waals surface area contributed by atoms with Crippen molar-refractivity contribution in [1.29, 1.82) is 0 Å². The molecule has 2 atom stereocenters. The van der Waals surface area contributed by atoms with E-state index in [4.69, 9.17) is 4.74 Å². The van der Waals surface area contributed by atoms with Gasteiger partial charge in [0.05, 0.1) is 0 Å². The van der Waals surface area contributed by atoms with Crippen LogP contribution < -0.4 is 0 Å². The second kappa shape index (κ2) is 4.35. The highest BCUT2D eigenvalue weighted by Gasteiger charge is 2.28. The Kier molecular flexibility index (Phi) is 2.91. The first-order valence-electron chi connectivity index (χ1n) is 5.32. The molecule has 16 heavy (non-hydrogen) atoms. The first kappa shape index (κ1) is 10.7. The molecule has 0 bridgehead atoms. The molecule has 2 rings (SSSR count). The van der Waals surface area contributed by atoms with Crippen molar-refractivity contribution < 1.29 is 9.53 Å². The van der Waals surface area contributed by atoms with Crippen LogP contribution in [0.2, 0.25) is 0 Å². The van der Waals surface area contributed by atoms with Gasteiger partial charge in [0, 0.05) is 11.5 Å². The predicted molar refractivity (Wildman–Crippen MR) is 63.0 cm³/mol. The maximum absolute atomic E-state index is 11.6. The Hall–Kier alpha value is -1.83. The molecule has 1 aliphatic heterocycles. The van der Waals surface area contributed by atoms with Gasteiger partial charge in [-0.2, -0.15) is 0 Å². The van der Waals surface area contributed by atoms with Gasteiger partial charge in [0.15, 0.2) is 0 Å². The Balaban J connectivity index is 2.34. The van der Waals surface area contributed by atoms with E-state index in [1.807, 2.05) is 43.3 Å². The fourth-order valence-electron chi connectivity index (χ4n) is 1.93. The molecule has 2 heteroatoms. The lowest BCUT2D eigenvalue weighted by Gasteiger charge is -2.11. The summed E-state index contributed by atoms with van der Waals surface area (Å²) in [5, 5.41) is 0. The van der Waals surface area contributed by atoms with Crippen LogP contribution in [0.5, 0.6) is 0 Å². The third-order valence-corrected chi connectivity index (χ3v) is 2.67. The van der Waals surface area contributed by atoms with Crippen LogP contribution in [0.15, 0.2) is 54.6 Å². The van der Waals surface area contributed by atoms with Crippen LogP contribution in [-0.2, 0) is 9.53 Å². The van der Waals surface area contributed by atoms with Gasteiger partial charge in [0.2, 0.25) is 0 Å². The number of hydrogen-bond acceptors (Lipinski definition) is 2. The highest BCUT2D eigenvalue weighted by Crippen LogP contribution is 2.30. The third-order valence-electron chi connectivity index (χ3n) is 2.67. The Morgan fingerprint density at radius 1 is 1.38 bits per heavy atom. The normalized spacial score (nSPS) is 21.2. The zero-order chi connectivity index (χ0) is 11.5. The van der Waals surface area contributed by atoms with E-state index in [2.05, 4.69) is 6.58 Å². The fraction of sp³-hybridized carbons (Fsp3) is 0.214. The van der Waals surface area contributed by atoms with Crippen molar-refractivity contribution in [2.24, 2.45) is 0 Å². The first-order chi connectivity index (χ1) is 7.72. The summed E-state index contributed by atoms with van der Waals surface area (Å²) in [6, 6.07) is 9.84. The van der Waals surface area contributed by atoms with Crippen molar-refractivity contribution in [3.8, 4) is 0 Å². The minimum absolute atomic E-state index is 0.0707. The van der Waals surface area contributed by atoms with E-state index < -0.39 is 0 Å². The molecule has 0 radical (unpaired) electrons. The Morgan fingerprint density at radius 3 is 2.56 bits per heavy atom. The van der Waals surface area contributed by atoms with Gasteiger partial charge in [0.25, 0.3) is 0 Å². The number of hydrogen-bond donors (Lipinski definition) is 0. The van der Waals surface area contributed by atoms with E-state index in [-0.39, 0.29) is 18.0 Å². The summed E-state index contributed by atoms with van der Waals surface area (Å²) in [5.41, 5.74) is 1.75. The van der Waals surface area contributed by atoms with Crippen LogP contribution in [0, 0.1) is 0 Å². The molecule has 0 saturated heterocycles. The van der Waals surface area contributed by atoms with E-state index in [1.165, 1.54) is 0 Å². The SMILES string of the molecule is C=C[C@H](C1=C[C@@H](C)OC1=O)c1ccccc1. The molecular weight excluding hydrogens is 200 g/mol. The maximum atomic E-state index is 11.6. The van der Waals surface area contributed by atoms with Crippen LogP contribution in [0.1, 0.15) is 18.4 Å². The number of allylic oxidation sites excluding steroid dienone is 1. The van der Waals surface area contributed by atoms with Crippen LogP contribution in [-0.4, -0.2) is 12.1 Å². The second-order valence-electron chi connectivity index (χ2n) is 3.86. The van der Waals surface area contributed by atoms with Crippen LogP contribution in [0.3, 0.4) is 0 Å². The number of esters is 1. The van der Waals surface area contributed by atoms with Crippen molar-refractivity contribution in [3.63, 3.8) is 0 Å². The summed E-state index contributed by atoms with van der Waals surface area (Å²) in [5.74, 6) is -0.306. The summed E-state index contributed by atoms with van der Waals surface area (Å²) in [6.07, 6.45) is 3.51. The van der Waals surface area contributed by atoms with Gasteiger partial charge in [-0.1, -0.05) is 36.4 Å². The van der Waals surface area contributed by atoms with E-state index in [1.54, 1.807) is 6.08 Å². The Bertz CT molecular complexity index is 431. The summed E-state index contributed by atoms with van der Waals surface area (Å²) in [6.45, 7) is 5.65. The molecular formula is C14H14O2. The monoisotopic (exact) mass is 214 g/mol. The highest BCUT2D eigenvalue weighted by molar-refractivity contribution is 5.93. The van der Waals surface area contributed by atoms with Crippen LogP contribution >= 0.6 is 0 Å². The highest BCUT2D eigenvalue weighted by atomic mass is 16.5. The molecule has 0 spiro atoms. The van der Waals surface area contributed by atoms with Gasteiger partial charge >= 0.3 is 5.97 Å². The van der Waals surface area contributed by atoms with Crippen molar-refractivity contribution in [3.05, 3.63) is 60.2 Å². The lowest BCUT2D eigenvalue weighted by atomic mass is 9.91. The lowest BCUT2D eigenvalue weighted by Crippen LogP contribution is -2.08. The molecule has 0 aromatic heterocycles. The zero-order valence-corrected chi connectivity index (χ0v) is 9.22. The number of benzene rings is 1. The molecule has 1 aromatic rings. The molecule has 1 aromatic carbocycles. The molecule has 2 nitrogen and oxygen atoms in total. The van der Waals surface area contributed by atoms with Gasteiger partial charge in [-0.3, -0.25) is 0 Å². The molecule has 82 valence electrons. The Labute approximate surface area is 95.2 Å². The number of rotatable bonds is 3. The summed E-state index contributed by atoms with van der Waals surface area (Å²) >= 11 is 0. The average molecular weight is 214 g/mol. The second-order valence-corrected chi connectivity index (χ2v) is 3.86. The van der Waals surface area contributed by atoms with Gasteiger partial charge in [0.1, 0.15) is 6.10 Å². The molecule has 0 unspecified atom stereocenters. The molecule has 1 heterocycles. The fourth-order valence-corrected chi connectivity index (χ4v) is 1.93. The van der Waals surface area contributed by atoms with E-state index >= 15 is 0 Å². The average Bonchev–Trinajstić information content (AvgIpc) is 2.61. The summed E-state index contributed by atoms with van der Waals surface area (Å²) in [4.78, 5) is 11.6. The number of ether oxygens (including phenoxy) is 1. The summed E-state index contributed by atoms with van der Waals surface area (Å²) in [7, 11) is 0. The van der Waals surface area contributed by atoms with Crippen LogP contribution in [0.25, 0.3) is 0 Å². The van der Waals surface area contributed by atoms with Crippen molar-refractivity contribution in [2.45, 2.75) is 18.9 Å². The number of cyclic esters (lactones) is 1.